The highest BCUT2D eigenvalue weighted by Gasteiger charge is 2.37. The molecule has 0 bridgehead atoms. The minimum absolute atomic E-state index is 0.149. The molecule has 0 amide bonds. The molecule has 0 N–H and O–H groups in total. The summed E-state index contributed by atoms with van der Waals surface area (Å²) in [5, 5.41) is 0. The summed E-state index contributed by atoms with van der Waals surface area (Å²) >= 11 is 0. The fraction of sp³-hybridized carbons (Fsp3) is 0.250. The third-order valence-corrected chi connectivity index (χ3v) is 5.47. The summed E-state index contributed by atoms with van der Waals surface area (Å²) in [6.45, 7) is 0.744. The zero-order valence-electron chi connectivity index (χ0n) is 11.9. The average molecular weight is 321 g/mol. The fourth-order valence-corrected chi connectivity index (χ4v) is 3.79. The van der Waals surface area contributed by atoms with Gasteiger partial charge in [-0.25, -0.2) is 12.8 Å². The molecule has 1 aliphatic heterocycles. The van der Waals surface area contributed by atoms with E-state index in [1.54, 1.807) is 48.5 Å². The Morgan fingerprint density at radius 1 is 1.05 bits per heavy atom. The van der Waals surface area contributed by atoms with Crippen molar-refractivity contribution in [2.24, 2.45) is 0 Å². The maximum atomic E-state index is 13.5. The zero-order chi connectivity index (χ0) is 15.6. The second-order valence-electron chi connectivity index (χ2n) is 5.16. The van der Waals surface area contributed by atoms with Gasteiger partial charge < -0.3 is 4.74 Å². The Bertz CT molecular complexity index is 743. The normalized spacial score (nSPS) is 16.4. The van der Waals surface area contributed by atoms with Crippen LogP contribution in [0, 0.1) is 5.82 Å². The van der Waals surface area contributed by atoms with Gasteiger partial charge in [0.05, 0.1) is 17.6 Å². The summed E-state index contributed by atoms with van der Waals surface area (Å²) in [6, 6.07) is 14.7. The quantitative estimate of drug-likeness (QED) is 0.850. The predicted molar refractivity (Wildman–Crippen MR) is 80.2 cm³/mol. The van der Waals surface area contributed by atoms with Crippen LogP contribution in [0.25, 0.3) is 0 Å². The number of rotatable bonds is 5. The lowest BCUT2D eigenvalue weighted by molar-refractivity contribution is -0.0304. The van der Waals surface area contributed by atoms with Gasteiger partial charge in [0.1, 0.15) is 5.82 Å². The van der Waals surface area contributed by atoms with Crippen molar-refractivity contribution in [3.63, 3.8) is 0 Å². The third-order valence-electron chi connectivity index (χ3n) is 3.63. The van der Waals surface area contributed by atoms with E-state index in [0.29, 0.717) is 18.7 Å². The van der Waals surface area contributed by atoms with E-state index in [0.717, 1.165) is 0 Å². The second kappa shape index (κ2) is 6.16. The molecule has 0 saturated carbocycles. The molecule has 0 aliphatic carbocycles. The van der Waals surface area contributed by atoms with E-state index in [2.05, 4.69) is 0 Å². The van der Waals surface area contributed by atoms with E-state index in [9.17, 15) is 12.8 Å². The Hall–Kier alpha value is -1.76. The molecule has 22 heavy (non-hydrogen) atoms. The van der Waals surface area contributed by atoms with E-state index in [4.69, 9.17) is 4.74 Å². The summed E-state index contributed by atoms with van der Waals surface area (Å²) in [6.07, 6.45) is -0.196. The van der Waals surface area contributed by atoms with Gasteiger partial charge >= 0.3 is 0 Å². The van der Waals surface area contributed by atoms with E-state index >= 15 is 0 Å². The van der Waals surface area contributed by atoms with E-state index < -0.39 is 10.0 Å². The number of halogens is 1. The molecule has 6 heteroatoms. The van der Waals surface area contributed by atoms with Gasteiger partial charge in [-0.05, 0) is 18.2 Å². The molecular weight excluding hydrogens is 305 g/mol. The summed E-state index contributed by atoms with van der Waals surface area (Å²) in [5.74, 6) is -0.310. The fourth-order valence-electron chi connectivity index (χ4n) is 2.27. The van der Waals surface area contributed by atoms with Crippen LogP contribution in [-0.4, -0.2) is 31.9 Å². The van der Waals surface area contributed by atoms with Crippen molar-refractivity contribution in [1.82, 2.24) is 4.31 Å². The van der Waals surface area contributed by atoms with Crippen molar-refractivity contribution in [1.29, 1.82) is 0 Å². The minimum atomic E-state index is -3.45. The first kappa shape index (κ1) is 15.1. The summed E-state index contributed by atoms with van der Waals surface area (Å²) in [4.78, 5) is 0.280. The molecule has 4 nitrogen and oxygen atoms in total. The molecule has 2 aromatic rings. The molecule has 0 unspecified atom stereocenters. The molecule has 0 atom stereocenters. The van der Waals surface area contributed by atoms with E-state index in [-0.39, 0.29) is 23.4 Å². The van der Waals surface area contributed by atoms with Crippen LogP contribution < -0.4 is 0 Å². The van der Waals surface area contributed by atoms with E-state index in [1.807, 2.05) is 0 Å². The number of sulfonamides is 1. The number of ether oxygens (including phenoxy) is 1. The van der Waals surface area contributed by atoms with Crippen LogP contribution >= 0.6 is 0 Å². The monoisotopic (exact) mass is 321 g/mol. The summed E-state index contributed by atoms with van der Waals surface area (Å²) in [5.41, 5.74) is 0.479. The van der Waals surface area contributed by atoms with Gasteiger partial charge in [0.25, 0.3) is 0 Å². The second-order valence-corrected chi connectivity index (χ2v) is 7.10. The third kappa shape index (κ3) is 3.04. The highest BCUT2D eigenvalue weighted by Crippen LogP contribution is 2.23. The highest BCUT2D eigenvalue weighted by molar-refractivity contribution is 7.89. The summed E-state index contributed by atoms with van der Waals surface area (Å²) < 4.78 is 45.0. The SMILES string of the molecule is O=S(=O)(c1ccccc1)N1CC(OCc2ccccc2F)C1. The molecule has 116 valence electrons. The van der Waals surface area contributed by atoms with Crippen molar-refractivity contribution in [3.8, 4) is 0 Å². The minimum Gasteiger partial charge on any atom is -0.371 e. The number of hydrogen-bond donors (Lipinski definition) is 0. The van der Waals surface area contributed by atoms with Gasteiger partial charge in [0.15, 0.2) is 0 Å². The molecule has 3 rings (SSSR count). The molecule has 1 saturated heterocycles. The van der Waals surface area contributed by atoms with Crippen molar-refractivity contribution in [3.05, 3.63) is 66.0 Å². The molecular formula is C16H16FNO3S. The lowest BCUT2D eigenvalue weighted by atomic mass is 10.2. The van der Waals surface area contributed by atoms with Crippen molar-refractivity contribution >= 4 is 10.0 Å². The summed E-state index contributed by atoms with van der Waals surface area (Å²) in [7, 11) is -3.45. The Morgan fingerprint density at radius 3 is 2.36 bits per heavy atom. The van der Waals surface area contributed by atoms with Crippen molar-refractivity contribution in [2.45, 2.75) is 17.6 Å². The predicted octanol–water partition coefficient (Wildman–Crippen LogP) is 2.42. The number of benzene rings is 2. The van der Waals surface area contributed by atoms with Crippen LogP contribution in [0.5, 0.6) is 0 Å². The molecule has 1 aliphatic rings. The smallest absolute Gasteiger partial charge is 0.243 e. The molecule has 1 heterocycles. The molecule has 0 aromatic heterocycles. The maximum absolute atomic E-state index is 13.5. The van der Waals surface area contributed by atoms with Crippen LogP contribution in [0.3, 0.4) is 0 Å². The van der Waals surface area contributed by atoms with Gasteiger partial charge in [-0.2, -0.15) is 4.31 Å². The first-order chi connectivity index (χ1) is 10.6. The Morgan fingerprint density at radius 2 is 1.68 bits per heavy atom. The van der Waals surface area contributed by atoms with E-state index in [1.165, 1.54) is 10.4 Å². The van der Waals surface area contributed by atoms with Gasteiger partial charge in [-0.1, -0.05) is 36.4 Å². The largest absolute Gasteiger partial charge is 0.371 e. The van der Waals surface area contributed by atoms with Crippen molar-refractivity contribution in [2.75, 3.05) is 13.1 Å². The molecule has 0 spiro atoms. The Labute approximate surface area is 129 Å². The van der Waals surface area contributed by atoms with Crippen LogP contribution in [0.4, 0.5) is 4.39 Å². The number of nitrogens with zero attached hydrogens (tertiary/aromatic N) is 1. The lowest BCUT2D eigenvalue weighted by Gasteiger charge is -2.37. The lowest BCUT2D eigenvalue weighted by Crippen LogP contribution is -2.54. The van der Waals surface area contributed by atoms with Gasteiger partial charge in [0, 0.05) is 18.7 Å². The van der Waals surface area contributed by atoms with Crippen LogP contribution in [0.1, 0.15) is 5.56 Å². The van der Waals surface area contributed by atoms with Crippen LogP contribution in [0.15, 0.2) is 59.5 Å². The van der Waals surface area contributed by atoms with Gasteiger partial charge in [0.2, 0.25) is 10.0 Å². The maximum Gasteiger partial charge on any atom is 0.243 e. The molecule has 1 fully saturated rings. The molecule has 2 aromatic carbocycles. The molecule has 0 radical (unpaired) electrons. The Kier molecular flexibility index (Phi) is 4.24. The van der Waals surface area contributed by atoms with Crippen LogP contribution in [-0.2, 0) is 21.4 Å². The average Bonchev–Trinajstić information content (AvgIpc) is 2.48. The Balaban J connectivity index is 1.55. The number of hydrogen-bond acceptors (Lipinski definition) is 3. The van der Waals surface area contributed by atoms with Crippen LogP contribution in [0.2, 0.25) is 0 Å². The zero-order valence-corrected chi connectivity index (χ0v) is 12.7. The highest BCUT2D eigenvalue weighted by atomic mass is 32.2. The first-order valence-corrected chi connectivity index (χ1v) is 8.41. The van der Waals surface area contributed by atoms with Crippen molar-refractivity contribution < 1.29 is 17.5 Å². The first-order valence-electron chi connectivity index (χ1n) is 6.97. The topological polar surface area (TPSA) is 46.6 Å². The standard InChI is InChI=1S/C16H16FNO3S/c17-16-9-5-4-6-13(16)12-21-14-10-18(11-14)22(19,20)15-7-2-1-3-8-15/h1-9,14H,10-12H2. The van der Waals surface area contributed by atoms with Gasteiger partial charge in [-0.3, -0.25) is 0 Å². The van der Waals surface area contributed by atoms with Gasteiger partial charge in [-0.15, -0.1) is 0 Å².